The lowest BCUT2D eigenvalue weighted by Crippen LogP contribution is -2.48. The summed E-state index contributed by atoms with van der Waals surface area (Å²) in [5.74, 6) is 0. The Morgan fingerprint density at radius 2 is 1.88 bits per heavy atom. The van der Waals surface area contributed by atoms with Crippen molar-refractivity contribution in [1.82, 2.24) is 0 Å². The molecular formula is C14H20ClNO. The van der Waals surface area contributed by atoms with Crippen LogP contribution in [-0.4, -0.2) is 18.8 Å². The van der Waals surface area contributed by atoms with E-state index >= 15 is 0 Å². The van der Waals surface area contributed by atoms with E-state index < -0.39 is 0 Å². The summed E-state index contributed by atoms with van der Waals surface area (Å²) < 4.78 is 5.41. The third-order valence-electron chi connectivity index (χ3n) is 3.46. The maximum absolute atomic E-state index is 6.06. The van der Waals surface area contributed by atoms with Crippen LogP contribution in [0.3, 0.4) is 0 Å². The second-order valence-electron chi connectivity index (χ2n) is 5.77. The van der Waals surface area contributed by atoms with Crippen LogP contribution in [0.4, 0.5) is 0 Å². The summed E-state index contributed by atoms with van der Waals surface area (Å²) in [5.41, 5.74) is 7.42. The monoisotopic (exact) mass is 253 g/mol. The molecule has 1 aromatic carbocycles. The van der Waals surface area contributed by atoms with Gasteiger partial charge in [0.2, 0.25) is 0 Å². The maximum atomic E-state index is 6.06. The first-order valence-electron chi connectivity index (χ1n) is 6.04. The molecule has 1 heterocycles. The van der Waals surface area contributed by atoms with Crippen LogP contribution in [0.5, 0.6) is 0 Å². The Kier molecular flexibility index (Phi) is 3.48. The van der Waals surface area contributed by atoms with Crippen LogP contribution in [0.1, 0.15) is 32.3 Å². The van der Waals surface area contributed by atoms with Gasteiger partial charge in [-0.25, -0.2) is 0 Å². The minimum atomic E-state index is -0.116. The quantitative estimate of drug-likeness (QED) is 0.895. The number of halogens is 1. The molecule has 0 atom stereocenters. The molecule has 0 saturated carbocycles. The lowest BCUT2D eigenvalue weighted by atomic mass is 9.73. The van der Waals surface area contributed by atoms with Crippen LogP contribution < -0.4 is 5.73 Å². The van der Waals surface area contributed by atoms with E-state index in [4.69, 9.17) is 22.1 Å². The summed E-state index contributed by atoms with van der Waals surface area (Å²) in [6.07, 6.45) is 2.07. The number of hydrogen-bond acceptors (Lipinski definition) is 2. The molecule has 0 spiro atoms. The molecule has 1 fully saturated rings. The fourth-order valence-electron chi connectivity index (χ4n) is 2.17. The highest BCUT2D eigenvalue weighted by Gasteiger charge is 2.40. The van der Waals surface area contributed by atoms with Crippen LogP contribution in [0.15, 0.2) is 24.3 Å². The molecule has 2 N–H and O–H groups in total. The molecule has 2 rings (SSSR count). The number of ether oxygens (including phenoxy) is 1. The molecule has 0 aliphatic carbocycles. The summed E-state index contributed by atoms with van der Waals surface area (Å²) in [7, 11) is 0. The van der Waals surface area contributed by atoms with Gasteiger partial charge in [0.25, 0.3) is 0 Å². The van der Waals surface area contributed by atoms with Crippen molar-refractivity contribution in [3.63, 3.8) is 0 Å². The maximum Gasteiger partial charge on any atom is 0.0585 e. The Morgan fingerprint density at radius 1 is 1.29 bits per heavy atom. The average molecular weight is 254 g/mol. The molecule has 0 unspecified atom stereocenters. The molecule has 0 radical (unpaired) electrons. The van der Waals surface area contributed by atoms with Crippen LogP contribution in [-0.2, 0) is 10.2 Å². The Labute approximate surface area is 108 Å². The lowest BCUT2D eigenvalue weighted by Gasteiger charge is -2.43. The van der Waals surface area contributed by atoms with E-state index in [1.807, 2.05) is 12.1 Å². The second kappa shape index (κ2) is 4.60. The fourth-order valence-corrected chi connectivity index (χ4v) is 2.29. The first-order chi connectivity index (χ1) is 7.91. The van der Waals surface area contributed by atoms with Gasteiger partial charge in [-0.2, -0.15) is 0 Å². The predicted octanol–water partition coefficient (Wildman–Crippen LogP) is 3.13. The minimum Gasteiger partial charge on any atom is -0.379 e. The van der Waals surface area contributed by atoms with Gasteiger partial charge in [-0.1, -0.05) is 23.7 Å². The van der Waals surface area contributed by atoms with Gasteiger partial charge >= 0.3 is 0 Å². The zero-order valence-electron chi connectivity index (χ0n) is 10.5. The van der Waals surface area contributed by atoms with Crippen LogP contribution in [0.25, 0.3) is 0 Å². The van der Waals surface area contributed by atoms with Crippen molar-refractivity contribution in [2.75, 3.05) is 13.2 Å². The normalized spacial score (nSPS) is 18.8. The van der Waals surface area contributed by atoms with Crippen LogP contribution >= 0.6 is 11.6 Å². The molecule has 1 aliphatic heterocycles. The third-order valence-corrected chi connectivity index (χ3v) is 3.71. The van der Waals surface area contributed by atoms with Crippen molar-refractivity contribution in [3.8, 4) is 0 Å². The Morgan fingerprint density at radius 3 is 2.29 bits per heavy atom. The van der Waals surface area contributed by atoms with E-state index in [2.05, 4.69) is 26.0 Å². The highest BCUT2D eigenvalue weighted by atomic mass is 35.5. The van der Waals surface area contributed by atoms with Gasteiger partial charge < -0.3 is 10.5 Å². The first kappa shape index (κ1) is 12.9. The van der Waals surface area contributed by atoms with Gasteiger partial charge in [0.05, 0.1) is 13.2 Å². The number of nitrogens with two attached hydrogens (primary N) is 1. The molecule has 0 amide bonds. The molecule has 1 saturated heterocycles. The highest BCUT2D eigenvalue weighted by molar-refractivity contribution is 6.30. The summed E-state index contributed by atoms with van der Waals surface area (Å²) in [4.78, 5) is 0. The van der Waals surface area contributed by atoms with Gasteiger partial charge in [-0.3, -0.25) is 0 Å². The Hall–Kier alpha value is -0.570. The van der Waals surface area contributed by atoms with E-state index in [-0.39, 0.29) is 11.0 Å². The van der Waals surface area contributed by atoms with Crippen molar-refractivity contribution >= 4 is 11.6 Å². The summed E-state index contributed by atoms with van der Waals surface area (Å²) in [6.45, 7) is 5.74. The molecule has 3 heteroatoms. The molecule has 0 bridgehead atoms. The second-order valence-corrected chi connectivity index (χ2v) is 6.21. The van der Waals surface area contributed by atoms with Crippen molar-refractivity contribution in [2.24, 2.45) is 5.73 Å². The van der Waals surface area contributed by atoms with E-state index in [0.717, 1.165) is 31.1 Å². The van der Waals surface area contributed by atoms with E-state index in [0.29, 0.717) is 0 Å². The summed E-state index contributed by atoms with van der Waals surface area (Å²) in [6, 6.07) is 8.11. The van der Waals surface area contributed by atoms with Gasteiger partial charge in [0.1, 0.15) is 0 Å². The molecule has 1 aromatic rings. The smallest absolute Gasteiger partial charge is 0.0585 e. The fraction of sp³-hybridized carbons (Fsp3) is 0.571. The van der Waals surface area contributed by atoms with E-state index in [1.165, 1.54) is 5.56 Å². The van der Waals surface area contributed by atoms with Crippen LogP contribution in [0.2, 0.25) is 5.02 Å². The van der Waals surface area contributed by atoms with E-state index in [9.17, 15) is 0 Å². The van der Waals surface area contributed by atoms with E-state index in [1.54, 1.807) is 0 Å². The lowest BCUT2D eigenvalue weighted by molar-refractivity contribution is -0.0669. The SMILES string of the molecule is CC(C)(N)CCC1(c2ccc(Cl)cc2)COC1. The summed E-state index contributed by atoms with van der Waals surface area (Å²) in [5, 5.41) is 0.781. The number of rotatable bonds is 4. The zero-order chi connectivity index (χ0) is 12.5. The number of benzene rings is 1. The minimum absolute atomic E-state index is 0.116. The Balaban J connectivity index is 2.11. The first-order valence-corrected chi connectivity index (χ1v) is 6.42. The van der Waals surface area contributed by atoms with Crippen molar-refractivity contribution < 1.29 is 4.74 Å². The standard InChI is InChI=1S/C14H20ClNO/c1-13(2,16)7-8-14(9-17-10-14)11-3-5-12(15)6-4-11/h3-6H,7-10,16H2,1-2H3. The topological polar surface area (TPSA) is 35.2 Å². The van der Waals surface area contributed by atoms with Gasteiger partial charge in [-0.15, -0.1) is 0 Å². The molecule has 1 aliphatic rings. The van der Waals surface area contributed by atoms with Gasteiger partial charge in [0.15, 0.2) is 0 Å². The largest absolute Gasteiger partial charge is 0.379 e. The predicted molar refractivity (Wildman–Crippen MR) is 71.4 cm³/mol. The van der Waals surface area contributed by atoms with Crippen molar-refractivity contribution in [3.05, 3.63) is 34.9 Å². The van der Waals surface area contributed by atoms with Gasteiger partial charge in [0, 0.05) is 16.0 Å². The average Bonchev–Trinajstić information content (AvgIpc) is 2.17. The third kappa shape index (κ3) is 3.01. The highest BCUT2D eigenvalue weighted by Crippen LogP contribution is 2.38. The molecule has 17 heavy (non-hydrogen) atoms. The van der Waals surface area contributed by atoms with Crippen molar-refractivity contribution in [2.45, 2.75) is 37.6 Å². The zero-order valence-corrected chi connectivity index (χ0v) is 11.3. The van der Waals surface area contributed by atoms with Crippen LogP contribution in [0, 0.1) is 0 Å². The van der Waals surface area contributed by atoms with Crippen molar-refractivity contribution in [1.29, 1.82) is 0 Å². The summed E-state index contributed by atoms with van der Waals surface area (Å²) >= 11 is 5.92. The molecule has 94 valence electrons. The van der Waals surface area contributed by atoms with Gasteiger partial charge in [-0.05, 0) is 44.4 Å². The Bertz CT molecular complexity index is 376. The number of hydrogen-bond donors (Lipinski definition) is 1. The molecule has 0 aromatic heterocycles. The molecular weight excluding hydrogens is 234 g/mol. The molecule has 2 nitrogen and oxygen atoms in total.